The monoisotopic (exact) mass is 486 g/mol. The molecule has 1 atom stereocenters. The predicted octanol–water partition coefficient (Wildman–Crippen LogP) is 5.91. The molecule has 0 aliphatic carbocycles. The zero-order chi connectivity index (χ0) is 14.9. The lowest BCUT2D eigenvalue weighted by molar-refractivity contribution is 0.351. The van der Waals surface area contributed by atoms with Gasteiger partial charge >= 0.3 is 0 Å². The molecule has 108 valence electrons. The van der Waals surface area contributed by atoms with E-state index in [4.69, 9.17) is 9.47 Å². The molecule has 0 amide bonds. The molecule has 0 spiro atoms. The number of hydrogen-bond acceptors (Lipinski definition) is 3. The van der Waals surface area contributed by atoms with Gasteiger partial charge < -0.3 is 9.47 Å². The van der Waals surface area contributed by atoms with Crippen molar-refractivity contribution in [3.05, 3.63) is 42.7 Å². The molecule has 1 aromatic heterocycles. The molecule has 2 nitrogen and oxygen atoms in total. The van der Waals surface area contributed by atoms with Gasteiger partial charge in [-0.15, -0.1) is 11.3 Å². The number of benzene rings is 1. The lowest BCUT2D eigenvalue weighted by Crippen LogP contribution is -1.98. The van der Waals surface area contributed by atoms with Gasteiger partial charge in [-0.05, 0) is 44.0 Å². The molecule has 7 heteroatoms. The molecule has 20 heavy (non-hydrogen) atoms. The Morgan fingerprint density at radius 2 is 1.70 bits per heavy atom. The number of ether oxygens (including phenoxy) is 2. The standard InChI is InChI=1S/C13H10Br3FO2S/c1-18-9-3-6(8(17)5-10(9)19-2)12(15)11-4-7(14)13(16)20-11/h3-5,12H,1-2H3. The fourth-order valence-corrected chi connectivity index (χ4v) is 4.56. The molecular formula is C13H10Br3FO2S. The lowest BCUT2D eigenvalue weighted by Gasteiger charge is -2.14. The Hall–Kier alpha value is -0.110. The molecule has 1 aromatic carbocycles. The van der Waals surface area contributed by atoms with Crippen LogP contribution in [0.4, 0.5) is 4.39 Å². The van der Waals surface area contributed by atoms with Crippen LogP contribution in [0.1, 0.15) is 15.3 Å². The van der Waals surface area contributed by atoms with Crippen molar-refractivity contribution < 1.29 is 13.9 Å². The maximum absolute atomic E-state index is 14.2. The molecular weight excluding hydrogens is 479 g/mol. The second kappa shape index (κ2) is 6.77. The van der Waals surface area contributed by atoms with Gasteiger partial charge in [-0.2, -0.15) is 0 Å². The quantitative estimate of drug-likeness (QED) is 0.498. The van der Waals surface area contributed by atoms with E-state index in [-0.39, 0.29) is 10.6 Å². The van der Waals surface area contributed by atoms with E-state index in [9.17, 15) is 4.39 Å². The Morgan fingerprint density at radius 1 is 1.10 bits per heavy atom. The van der Waals surface area contributed by atoms with E-state index in [2.05, 4.69) is 47.8 Å². The van der Waals surface area contributed by atoms with E-state index in [1.54, 1.807) is 6.07 Å². The van der Waals surface area contributed by atoms with Gasteiger partial charge in [-0.3, -0.25) is 0 Å². The number of halogens is 4. The van der Waals surface area contributed by atoms with Gasteiger partial charge in [0.2, 0.25) is 0 Å². The molecule has 0 N–H and O–H groups in total. The van der Waals surface area contributed by atoms with Crippen molar-refractivity contribution in [3.8, 4) is 11.5 Å². The summed E-state index contributed by atoms with van der Waals surface area (Å²) in [5, 5.41) is 0. The number of methoxy groups -OCH3 is 2. The maximum atomic E-state index is 14.2. The van der Waals surface area contributed by atoms with Gasteiger partial charge in [0, 0.05) is 21.0 Å². The minimum Gasteiger partial charge on any atom is -0.493 e. The Bertz CT molecular complexity index is 611. The molecule has 2 aromatic rings. The molecule has 0 aliphatic heterocycles. The Balaban J connectivity index is 2.46. The van der Waals surface area contributed by atoms with Crippen molar-refractivity contribution >= 4 is 59.1 Å². The predicted molar refractivity (Wildman–Crippen MR) is 90.0 cm³/mol. The first kappa shape index (κ1) is 16.3. The Kier molecular flexibility index (Phi) is 5.50. The lowest BCUT2D eigenvalue weighted by atomic mass is 10.1. The minimum absolute atomic E-state index is 0.255. The third kappa shape index (κ3) is 3.21. The van der Waals surface area contributed by atoms with Gasteiger partial charge in [-0.25, -0.2) is 4.39 Å². The van der Waals surface area contributed by atoms with Gasteiger partial charge in [0.05, 0.1) is 22.8 Å². The molecule has 0 radical (unpaired) electrons. The number of rotatable bonds is 4. The Morgan fingerprint density at radius 3 is 2.20 bits per heavy atom. The minimum atomic E-state index is -0.342. The van der Waals surface area contributed by atoms with Crippen molar-refractivity contribution in [1.82, 2.24) is 0 Å². The van der Waals surface area contributed by atoms with Crippen LogP contribution in [0.5, 0.6) is 11.5 Å². The van der Waals surface area contributed by atoms with Crippen molar-refractivity contribution in [2.75, 3.05) is 14.2 Å². The first-order chi connectivity index (χ1) is 9.47. The molecule has 1 heterocycles. The normalized spacial score (nSPS) is 12.3. The van der Waals surface area contributed by atoms with E-state index in [0.29, 0.717) is 17.1 Å². The molecule has 1 unspecified atom stereocenters. The van der Waals surface area contributed by atoms with E-state index in [1.165, 1.54) is 31.6 Å². The topological polar surface area (TPSA) is 18.5 Å². The molecule has 0 bridgehead atoms. The largest absolute Gasteiger partial charge is 0.493 e. The summed E-state index contributed by atoms with van der Waals surface area (Å²) in [6, 6.07) is 4.93. The molecule has 0 saturated heterocycles. The second-order valence-electron chi connectivity index (χ2n) is 3.86. The fraction of sp³-hybridized carbons (Fsp3) is 0.231. The zero-order valence-corrected chi connectivity index (χ0v) is 16.1. The van der Waals surface area contributed by atoms with E-state index >= 15 is 0 Å². The third-order valence-corrected chi connectivity index (χ3v) is 7.30. The SMILES string of the molecule is COc1cc(F)c(C(Br)c2cc(Br)c(Br)s2)cc1OC. The molecule has 2 rings (SSSR count). The highest BCUT2D eigenvalue weighted by atomic mass is 79.9. The van der Waals surface area contributed by atoms with Crippen LogP contribution >= 0.6 is 59.1 Å². The summed E-state index contributed by atoms with van der Waals surface area (Å²) in [6.07, 6.45) is 0. The van der Waals surface area contributed by atoms with Crippen LogP contribution in [0.25, 0.3) is 0 Å². The highest BCUT2D eigenvalue weighted by Crippen LogP contribution is 2.44. The average Bonchev–Trinajstić information content (AvgIpc) is 2.77. The van der Waals surface area contributed by atoms with Crippen molar-refractivity contribution in [2.24, 2.45) is 0 Å². The van der Waals surface area contributed by atoms with E-state index in [1.807, 2.05) is 6.07 Å². The summed E-state index contributed by atoms with van der Waals surface area (Å²) in [5.41, 5.74) is 0.504. The Labute approximate surface area is 145 Å². The summed E-state index contributed by atoms with van der Waals surface area (Å²) in [7, 11) is 3.01. The zero-order valence-electron chi connectivity index (χ0n) is 10.5. The smallest absolute Gasteiger partial charge is 0.163 e. The summed E-state index contributed by atoms with van der Waals surface area (Å²) >= 11 is 11.9. The molecule has 0 fully saturated rings. The van der Waals surface area contributed by atoms with E-state index in [0.717, 1.165) is 13.1 Å². The van der Waals surface area contributed by atoms with Crippen molar-refractivity contribution in [3.63, 3.8) is 0 Å². The van der Waals surface area contributed by atoms with Crippen LogP contribution < -0.4 is 9.47 Å². The highest BCUT2D eigenvalue weighted by molar-refractivity contribution is 9.13. The van der Waals surface area contributed by atoms with Crippen LogP contribution in [0.2, 0.25) is 0 Å². The summed E-state index contributed by atoms with van der Waals surface area (Å²) in [6.45, 7) is 0. The summed E-state index contributed by atoms with van der Waals surface area (Å²) < 4.78 is 26.4. The van der Waals surface area contributed by atoms with Gasteiger partial charge in [0.1, 0.15) is 5.82 Å². The van der Waals surface area contributed by atoms with Gasteiger partial charge in [0.25, 0.3) is 0 Å². The maximum Gasteiger partial charge on any atom is 0.163 e. The number of hydrogen-bond donors (Lipinski definition) is 0. The highest BCUT2D eigenvalue weighted by Gasteiger charge is 2.21. The van der Waals surface area contributed by atoms with E-state index < -0.39 is 0 Å². The number of alkyl halides is 1. The van der Waals surface area contributed by atoms with Crippen LogP contribution in [0.15, 0.2) is 26.5 Å². The van der Waals surface area contributed by atoms with Crippen LogP contribution in [-0.2, 0) is 0 Å². The van der Waals surface area contributed by atoms with Crippen molar-refractivity contribution in [1.29, 1.82) is 0 Å². The second-order valence-corrected chi connectivity index (χ2v) is 8.03. The van der Waals surface area contributed by atoms with Crippen LogP contribution in [0, 0.1) is 5.82 Å². The summed E-state index contributed by atoms with van der Waals surface area (Å²) in [5.74, 6) is 0.537. The van der Waals surface area contributed by atoms with Crippen LogP contribution in [0.3, 0.4) is 0 Å². The first-order valence-electron chi connectivity index (χ1n) is 5.48. The summed E-state index contributed by atoms with van der Waals surface area (Å²) in [4.78, 5) is 0.727. The third-order valence-electron chi connectivity index (χ3n) is 2.69. The van der Waals surface area contributed by atoms with Crippen molar-refractivity contribution in [2.45, 2.75) is 4.83 Å². The average molecular weight is 489 g/mol. The fourth-order valence-electron chi connectivity index (χ4n) is 1.71. The molecule has 0 saturated carbocycles. The van der Waals surface area contributed by atoms with Crippen LogP contribution in [-0.4, -0.2) is 14.2 Å². The molecule has 0 aliphatic rings. The van der Waals surface area contributed by atoms with Gasteiger partial charge in [-0.1, -0.05) is 15.9 Å². The first-order valence-corrected chi connectivity index (χ1v) is 8.80. The van der Waals surface area contributed by atoms with Gasteiger partial charge in [0.15, 0.2) is 11.5 Å². The number of thiophene rings is 1.